The standard InChI is InChI=1S/C22H38N4O3/c1-5-23-22(25-17-19-9-11-26(12-10-19)13-14-27-3)24-16-18(2)29-21-8-6-7-20(15-21)28-4/h6-8,15,18-19H,5,9-14,16-17H2,1-4H3,(H2,23,24,25). The van der Waals surface area contributed by atoms with Crippen LogP contribution in [-0.4, -0.2) is 77.1 Å². The van der Waals surface area contributed by atoms with E-state index in [0.29, 0.717) is 12.5 Å². The Morgan fingerprint density at radius 2 is 1.97 bits per heavy atom. The average molecular weight is 407 g/mol. The molecule has 1 aromatic rings. The van der Waals surface area contributed by atoms with Gasteiger partial charge in [-0.05, 0) is 57.8 Å². The first-order valence-electron chi connectivity index (χ1n) is 10.7. The molecule has 1 aliphatic heterocycles. The summed E-state index contributed by atoms with van der Waals surface area (Å²) in [6.07, 6.45) is 2.40. The lowest BCUT2D eigenvalue weighted by Gasteiger charge is -2.32. The maximum absolute atomic E-state index is 5.97. The summed E-state index contributed by atoms with van der Waals surface area (Å²) in [6, 6.07) is 7.66. The maximum Gasteiger partial charge on any atom is 0.191 e. The van der Waals surface area contributed by atoms with Crippen molar-refractivity contribution in [2.24, 2.45) is 10.9 Å². The van der Waals surface area contributed by atoms with E-state index in [0.717, 1.165) is 56.8 Å². The molecule has 7 nitrogen and oxygen atoms in total. The van der Waals surface area contributed by atoms with E-state index < -0.39 is 0 Å². The van der Waals surface area contributed by atoms with Gasteiger partial charge in [-0.3, -0.25) is 0 Å². The predicted molar refractivity (Wildman–Crippen MR) is 118 cm³/mol. The molecule has 0 amide bonds. The summed E-state index contributed by atoms with van der Waals surface area (Å²) in [5.74, 6) is 3.13. The molecule has 0 bridgehead atoms. The van der Waals surface area contributed by atoms with E-state index in [1.54, 1.807) is 14.2 Å². The van der Waals surface area contributed by atoms with E-state index in [1.807, 2.05) is 31.2 Å². The number of piperidine rings is 1. The van der Waals surface area contributed by atoms with E-state index in [-0.39, 0.29) is 6.10 Å². The van der Waals surface area contributed by atoms with Crippen molar-refractivity contribution in [2.45, 2.75) is 32.8 Å². The number of nitrogens with zero attached hydrogens (tertiary/aromatic N) is 2. The lowest BCUT2D eigenvalue weighted by Crippen LogP contribution is -2.43. The molecule has 0 radical (unpaired) electrons. The van der Waals surface area contributed by atoms with Crippen molar-refractivity contribution in [3.05, 3.63) is 24.3 Å². The second-order valence-corrected chi connectivity index (χ2v) is 7.49. The van der Waals surface area contributed by atoms with Gasteiger partial charge in [0.1, 0.15) is 17.6 Å². The molecule has 1 fully saturated rings. The highest BCUT2D eigenvalue weighted by Gasteiger charge is 2.19. The molecule has 2 rings (SSSR count). The molecule has 0 saturated carbocycles. The highest BCUT2D eigenvalue weighted by molar-refractivity contribution is 5.79. The number of hydrogen-bond acceptors (Lipinski definition) is 5. The van der Waals surface area contributed by atoms with Crippen LogP contribution in [0.4, 0.5) is 0 Å². The van der Waals surface area contributed by atoms with Gasteiger partial charge in [-0.1, -0.05) is 6.07 Å². The minimum atomic E-state index is -0.0263. The summed E-state index contributed by atoms with van der Waals surface area (Å²) >= 11 is 0. The van der Waals surface area contributed by atoms with Gasteiger partial charge in [-0.2, -0.15) is 0 Å². The maximum atomic E-state index is 5.97. The molecular formula is C22H38N4O3. The zero-order chi connectivity index (χ0) is 20.9. The Bertz CT molecular complexity index is 603. The van der Waals surface area contributed by atoms with Crippen LogP contribution in [0.15, 0.2) is 29.3 Å². The second kappa shape index (κ2) is 13.3. The van der Waals surface area contributed by atoms with Crippen molar-refractivity contribution in [1.29, 1.82) is 0 Å². The van der Waals surface area contributed by atoms with E-state index in [2.05, 4.69) is 22.5 Å². The van der Waals surface area contributed by atoms with Gasteiger partial charge < -0.3 is 29.7 Å². The number of guanidine groups is 1. The SMILES string of the molecule is CCNC(=NCC(C)Oc1cccc(OC)c1)NCC1CCN(CCOC)CC1. The molecule has 0 spiro atoms. The third-order valence-corrected chi connectivity index (χ3v) is 5.11. The molecule has 29 heavy (non-hydrogen) atoms. The first kappa shape index (κ1) is 23.3. The van der Waals surface area contributed by atoms with Gasteiger partial charge in [-0.25, -0.2) is 4.99 Å². The second-order valence-electron chi connectivity index (χ2n) is 7.49. The number of methoxy groups -OCH3 is 2. The normalized spacial score (nSPS) is 17.0. The monoisotopic (exact) mass is 406 g/mol. The highest BCUT2D eigenvalue weighted by atomic mass is 16.5. The van der Waals surface area contributed by atoms with Crippen LogP contribution in [0.3, 0.4) is 0 Å². The Balaban J connectivity index is 1.75. The highest BCUT2D eigenvalue weighted by Crippen LogP contribution is 2.20. The van der Waals surface area contributed by atoms with Gasteiger partial charge in [0.05, 0.1) is 20.3 Å². The molecule has 1 heterocycles. The van der Waals surface area contributed by atoms with Crippen LogP contribution >= 0.6 is 0 Å². The van der Waals surface area contributed by atoms with Crippen LogP contribution in [0.1, 0.15) is 26.7 Å². The number of nitrogens with one attached hydrogen (secondary N) is 2. The Morgan fingerprint density at radius 3 is 2.66 bits per heavy atom. The van der Waals surface area contributed by atoms with Gasteiger partial charge in [0.15, 0.2) is 5.96 Å². The summed E-state index contributed by atoms with van der Waals surface area (Å²) < 4.78 is 16.4. The van der Waals surface area contributed by atoms with Crippen LogP contribution in [0.5, 0.6) is 11.5 Å². The van der Waals surface area contributed by atoms with Crippen molar-refractivity contribution in [3.63, 3.8) is 0 Å². The van der Waals surface area contributed by atoms with Gasteiger partial charge in [0, 0.05) is 32.8 Å². The smallest absolute Gasteiger partial charge is 0.191 e. The number of hydrogen-bond donors (Lipinski definition) is 2. The average Bonchev–Trinajstić information content (AvgIpc) is 2.75. The number of ether oxygens (including phenoxy) is 3. The van der Waals surface area contributed by atoms with Crippen LogP contribution in [0.25, 0.3) is 0 Å². The molecule has 1 aliphatic rings. The summed E-state index contributed by atoms with van der Waals surface area (Å²) in [5, 5.41) is 6.84. The van der Waals surface area contributed by atoms with Crippen molar-refractivity contribution in [2.75, 3.05) is 60.1 Å². The van der Waals surface area contributed by atoms with Crippen molar-refractivity contribution >= 4 is 5.96 Å². The summed E-state index contributed by atoms with van der Waals surface area (Å²) in [6.45, 7) is 10.6. The molecular weight excluding hydrogens is 368 g/mol. The quantitative estimate of drug-likeness (QED) is 0.434. The molecule has 1 saturated heterocycles. The van der Waals surface area contributed by atoms with Crippen molar-refractivity contribution in [3.8, 4) is 11.5 Å². The van der Waals surface area contributed by atoms with Gasteiger partial charge in [0.2, 0.25) is 0 Å². The van der Waals surface area contributed by atoms with Gasteiger partial charge >= 0.3 is 0 Å². The fraction of sp³-hybridized carbons (Fsp3) is 0.682. The number of likely N-dealkylation sites (tertiary alicyclic amines) is 1. The van der Waals surface area contributed by atoms with Crippen molar-refractivity contribution in [1.82, 2.24) is 15.5 Å². The van der Waals surface area contributed by atoms with Crippen LogP contribution in [0.2, 0.25) is 0 Å². The van der Waals surface area contributed by atoms with E-state index in [9.17, 15) is 0 Å². The van der Waals surface area contributed by atoms with Crippen LogP contribution in [-0.2, 0) is 4.74 Å². The number of benzene rings is 1. The van der Waals surface area contributed by atoms with Crippen LogP contribution in [0, 0.1) is 5.92 Å². The molecule has 0 aromatic heterocycles. The molecule has 0 aliphatic carbocycles. The van der Waals surface area contributed by atoms with E-state index in [4.69, 9.17) is 19.2 Å². The third kappa shape index (κ3) is 8.92. The lowest BCUT2D eigenvalue weighted by atomic mass is 9.97. The van der Waals surface area contributed by atoms with Gasteiger partial charge in [0.25, 0.3) is 0 Å². The third-order valence-electron chi connectivity index (χ3n) is 5.11. The van der Waals surface area contributed by atoms with E-state index in [1.165, 1.54) is 12.8 Å². The molecule has 1 aromatic carbocycles. The Labute approximate surface area is 175 Å². The Morgan fingerprint density at radius 1 is 1.21 bits per heavy atom. The fourth-order valence-corrected chi connectivity index (χ4v) is 3.38. The number of aliphatic imine (C=N–C) groups is 1. The molecule has 2 N–H and O–H groups in total. The fourth-order valence-electron chi connectivity index (χ4n) is 3.38. The summed E-state index contributed by atoms with van der Waals surface area (Å²) in [7, 11) is 3.42. The zero-order valence-electron chi connectivity index (χ0n) is 18.4. The molecule has 1 atom stereocenters. The minimum Gasteiger partial charge on any atom is -0.497 e. The minimum absolute atomic E-state index is 0.0263. The van der Waals surface area contributed by atoms with Crippen LogP contribution < -0.4 is 20.1 Å². The first-order valence-corrected chi connectivity index (χ1v) is 10.7. The van der Waals surface area contributed by atoms with Gasteiger partial charge in [-0.15, -0.1) is 0 Å². The Kier molecular flexibility index (Phi) is 10.7. The predicted octanol–water partition coefficient (Wildman–Crippen LogP) is 2.38. The first-order chi connectivity index (χ1) is 14.1. The van der Waals surface area contributed by atoms with Crippen molar-refractivity contribution < 1.29 is 14.2 Å². The largest absolute Gasteiger partial charge is 0.497 e. The number of rotatable bonds is 11. The molecule has 7 heteroatoms. The summed E-state index contributed by atoms with van der Waals surface area (Å²) in [4.78, 5) is 7.19. The lowest BCUT2D eigenvalue weighted by molar-refractivity contribution is 0.121. The molecule has 1 unspecified atom stereocenters. The topological polar surface area (TPSA) is 67.4 Å². The zero-order valence-corrected chi connectivity index (χ0v) is 18.4. The summed E-state index contributed by atoms with van der Waals surface area (Å²) in [5.41, 5.74) is 0. The Hall–Kier alpha value is -1.99. The molecule has 164 valence electrons. The van der Waals surface area contributed by atoms with E-state index >= 15 is 0 Å².